The highest BCUT2D eigenvalue weighted by molar-refractivity contribution is 7.99. The highest BCUT2D eigenvalue weighted by Gasteiger charge is 2.20. The summed E-state index contributed by atoms with van der Waals surface area (Å²) in [5.74, 6) is 0. The Labute approximate surface area is 110 Å². The Morgan fingerprint density at radius 3 is 1.88 bits per heavy atom. The molecular formula is C13H27N3S. The lowest BCUT2D eigenvalue weighted by Crippen LogP contribution is -2.44. The molecular weight excluding hydrogens is 230 g/mol. The minimum Gasteiger partial charge on any atom is -0.328 e. The van der Waals surface area contributed by atoms with E-state index in [1.165, 1.54) is 65.0 Å². The van der Waals surface area contributed by atoms with Gasteiger partial charge in [0, 0.05) is 24.4 Å². The predicted molar refractivity (Wildman–Crippen MR) is 76.6 cm³/mol. The minimum absolute atomic E-state index is 0.462. The number of rotatable bonds is 4. The van der Waals surface area contributed by atoms with Crippen LogP contribution in [0.4, 0.5) is 0 Å². The Kier molecular flexibility index (Phi) is 5.60. The number of thioether (sulfide) groups is 1. The molecule has 4 heteroatoms. The van der Waals surface area contributed by atoms with Crippen molar-refractivity contribution in [2.75, 3.05) is 45.5 Å². The van der Waals surface area contributed by atoms with Crippen molar-refractivity contribution in [3.05, 3.63) is 0 Å². The Hall–Kier alpha value is 0.230. The van der Waals surface area contributed by atoms with Crippen LogP contribution in [0.15, 0.2) is 0 Å². The minimum atomic E-state index is 0.462. The van der Waals surface area contributed by atoms with Gasteiger partial charge in [-0.2, -0.15) is 11.8 Å². The van der Waals surface area contributed by atoms with Crippen LogP contribution in [0.5, 0.6) is 0 Å². The van der Waals surface area contributed by atoms with Crippen LogP contribution in [0.1, 0.15) is 25.7 Å². The van der Waals surface area contributed by atoms with Crippen molar-refractivity contribution in [2.45, 2.75) is 37.0 Å². The maximum Gasteiger partial charge on any atom is 0.0109 e. The first kappa shape index (κ1) is 13.7. The second kappa shape index (κ2) is 6.98. The van der Waals surface area contributed by atoms with Gasteiger partial charge in [-0.05, 0) is 58.1 Å². The highest BCUT2D eigenvalue weighted by Crippen LogP contribution is 2.20. The van der Waals surface area contributed by atoms with E-state index >= 15 is 0 Å². The molecule has 0 amide bonds. The largest absolute Gasteiger partial charge is 0.328 e. The topological polar surface area (TPSA) is 32.5 Å². The number of likely N-dealkylation sites (tertiary alicyclic amines) is 2. The number of piperidine rings is 2. The third kappa shape index (κ3) is 4.43. The molecule has 2 N–H and O–H groups in total. The fourth-order valence-electron chi connectivity index (χ4n) is 2.83. The Bertz CT molecular complexity index is 209. The molecule has 2 fully saturated rings. The van der Waals surface area contributed by atoms with Gasteiger partial charge in [0.15, 0.2) is 0 Å². The van der Waals surface area contributed by atoms with Gasteiger partial charge in [-0.15, -0.1) is 0 Å². The molecule has 0 aromatic heterocycles. The van der Waals surface area contributed by atoms with Crippen LogP contribution in [-0.2, 0) is 0 Å². The summed E-state index contributed by atoms with van der Waals surface area (Å²) in [5.41, 5.74) is 5.93. The second-order valence-corrected chi connectivity index (χ2v) is 6.59. The second-order valence-electron chi connectivity index (χ2n) is 5.46. The monoisotopic (exact) mass is 257 g/mol. The first-order valence-corrected chi connectivity index (χ1v) is 8.30. The number of nitrogens with two attached hydrogens (primary N) is 1. The van der Waals surface area contributed by atoms with Gasteiger partial charge in [0.05, 0.1) is 0 Å². The molecule has 0 unspecified atom stereocenters. The number of hydrogen-bond donors (Lipinski definition) is 1. The SMILES string of the molecule is CSC1CCN(CCN2CCC(N)CC2)CC1. The summed E-state index contributed by atoms with van der Waals surface area (Å²) in [6.45, 7) is 7.54. The van der Waals surface area contributed by atoms with Gasteiger partial charge in [-0.25, -0.2) is 0 Å². The molecule has 0 radical (unpaired) electrons. The van der Waals surface area contributed by atoms with E-state index in [0.29, 0.717) is 6.04 Å². The first-order chi connectivity index (χ1) is 8.28. The Morgan fingerprint density at radius 2 is 1.41 bits per heavy atom. The van der Waals surface area contributed by atoms with Crippen LogP contribution in [0.2, 0.25) is 0 Å². The van der Waals surface area contributed by atoms with Gasteiger partial charge in [-0.3, -0.25) is 0 Å². The Morgan fingerprint density at radius 1 is 0.941 bits per heavy atom. The molecule has 100 valence electrons. The summed E-state index contributed by atoms with van der Waals surface area (Å²) in [5, 5.41) is 0.916. The van der Waals surface area contributed by atoms with Crippen molar-refractivity contribution in [3.63, 3.8) is 0 Å². The zero-order valence-electron chi connectivity index (χ0n) is 11.1. The highest BCUT2D eigenvalue weighted by atomic mass is 32.2. The third-order valence-corrected chi connectivity index (χ3v) is 5.37. The van der Waals surface area contributed by atoms with Crippen molar-refractivity contribution < 1.29 is 0 Å². The predicted octanol–water partition coefficient (Wildman–Crippen LogP) is 1.24. The van der Waals surface area contributed by atoms with Crippen molar-refractivity contribution in [2.24, 2.45) is 5.73 Å². The van der Waals surface area contributed by atoms with Crippen molar-refractivity contribution >= 4 is 11.8 Å². The van der Waals surface area contributed by atoms with Gasteiger partial charge in [0.2, 0.25) is 0 Å². The van der Waals surface area contributed by atoms with Gasteiger partial charge in [0.25, 0.3) is 0 Å². The zero-order chi connectivity index (χ0) is 12.1. The van der Waals surface area contributed by atoms with Crippen LogP contribution in [0.3, 0.4) is 0 Å². The zero-order valence-corrected chi connectivity index (χ0v) is 11.9. The van der Waals surface area contributed by atoms with E-state index in [0.717, 1.165) is 5.25 Å². The normalized spacial score (nSPS) is 26.5. The summed E-state index contributed by atoms with van der Waals surface area (Å²) in [6, 6.07) is 0.462. The van der Waals surface area contributed by atoms with Crippen molar-refractivity contribution in [3.8, 4) is 0 Å². The molecule has 2 heterocycles. The van der Waals surface area contributed by atoms with Gasteiger partial charge in [-0.1, -0.05) is 0 Å². The summed E-state index contributed by atoms with van der Waals surface area (Å²) in [4.78, 5) is 5.23. The van der Waals surface area contributed by atoms with E-state index in [9.17, 15) is 0 Å². The quantitative estimate of drug-likeness (QED) is 0.821. The molecule has 0 bridgehead atoms. The fraction of sp³-hybridized carbons (Fsp3) is 1.00. The van der Waals surface area contributed by atoms with E-state index in [4.69, 9.17) is 5.73 Å². The van der Waals surface area contributed by atoms with Gasteiger partial charge < -0.3 is 15.5 Å². The molecule has 0 aromatic rings. The molecule has 3 nitrogen and oxygen atoms in total. The van der Waals surface area contributed by atoms with Crippen molar-refractivity contribution in [1.29, 1.82) is 0 Å². The lowest BCUT2D eigenvalue weighted by molar-refractivity contribution is 0.161. The third-order valence-electron chi connectivity index (χ3n) is 4.23. The van der Waals surface area contributed by atoms with E-state index < -0.39 is 0 Å². The average Bonchev–Trinajstić information content (AvgIpc) is 2.39. The summed E-state index contributed by atoms with van der Waals surface area (Å²) >= 11 is 2.04. The molecule has 17 heavy (non-hydrogen) atoms. The van der Waals surface area contributed by atoms with Crippen LogP contribution >= 0.6 is 11.8 Å². The maximum atomic E-state index is 5.93. The molecule has 0 aromatic carbocycles. The maximum absolute atomic E-state index is 5.93. The molecule has 0 aliphatic carbocycles. The van der Waals surface area contributed by atoms with E-state index in [1.54, 1.807) is 0 Å². The lowest BCUT2D eigenvalue weighted by atomic mass is 10.1. The molecule has 0 atom stereocenters. The molecule has 0 spiro atoms. The molecule has 2 rings (SSSR count). The van der Waals surface area contributed by atoms with Crippen LogP contribution in [0.25, 0.3) is 0 Å². The molecule has 0 saturated carbocycles. The number of nitrogens with zero attached hydrogens (tertiary/aromatic N) is 2. The van der Waals surface area contributed by atoms with Crippen LogP contribution in [-0.4, -0.2) is 66.6 Å². The lowest BCUT2D eigenvalue weighted by Gasteiger charge is -2.35. The van der Waals surface area contributed by atoms with Crippen LogP contribution in [0, 0.1) is 0 Å². The molecule has 2 aliphatic heterocycles. The average molecular weight is 257 g/mol. The standard InChI is InChI=1S/C13H27N3S/c1-17-13-4-8-16(9-5-13)11-10-15-6-2-12(14)3-7-15/h12-13H,2-11,14H2,1H3. The van der Waals surface area contributed by atoms with E-state index in [2.05, 4.69) is 16.1 Å². The first-order valence-electron chi connectivity index (χ1n) is 7.01. The van der Waals surface area contributed by atoms with Crippen LogP contribution < -0.4 is 5.73 Å². The molecule has 2 aliphatic rings. The van der Waals surface area contributed by atoms with Gasteiger partial charge >= 0.3 is 0 Å². The summed E-state index contributed by atoms with van der Waals surface area (Å²) < 4.78 is 0. The Balaban J connectivity index is 1.59. The van der Waals surface area contributed by atoms with Gasteiger partial charge in [0.1, 0.15) is 0 Å². The number of hydrogen-bond acceptors (Lipinski definition) is 4. The summed E-state index contributed by atoms with van der Waals surface area (Å²) in [7, 11) is 0. The van der Waals surface area contributed by atoms with E-state index in [1.807, 2.05) is 11.8 Å². The van der Waals surface area contributed by atoms with Crippen molar-refractivity contribution in [1.82, 2.24) is 9.80 Å². The summed E-state index contributed by atoms with van der Waals surface area (Å²) in [6.07, 6.45) is 7.39. The fourth-order valence-corrected chi connectivity index (χ4v) is 3.51. The smallest absolute Gasteiger partial charge is 0.0109 e. The van der Waals surface area contributed by atoms with E-state index in [-0.39, 0.29) is 0 Å². The molecule has 2 saturated heterocycles.